The second kappa shape index (κ2) is 6.80. The number of benzene rings is 1. The summed E-state index contributed by atoms with van der Waals surface area (Å²) in [6, 6.07) is 7.67. The molecule has 114 valence electrons. The van der Waals surface area contributed by atoms with Crippen molar-refractivity contribution in [2.24, 2.45) is 5.92 Å². The summed E-state index contributed by atoms with van der Waals surface area (Å²) in [5.74, 6) is 0.276. The van der Waals surface area contributed by atoms with Gasteiger partial charge < -0.3 is 9.64 Å². The van der Waals surface area contributed by atoms with Gasteiger partial charge in [0.05, 0.1) is 24.7 Å². The van der Waals surface area contributed by atoms with Gasteiger partial charge in [-0.15, -0.1) is 0 Å². The zero-order chi connectivity index (χ0) is 14.7. The summed E-state index contributed by atoms with van der Waals surface area (Å²) in [5, 5.41) is 0.574. The van der Waals surface area contributed by atoms with Crippen LogP contribution in [0.1, 0.15) is 42.5 Å². The van der Waals surface area contributed by atoms with Gasteiger partial charge >= 0.3 is 5.97 Å². The van der Waals surface area contributed by atoms with Crippen LogP contribution in [0.3, 0.4) is 0 Å². The smallest absolute Gasteiger partial charge is 0.338 e. The van der Waals surface area contributed by atoms with E-state index in [1.54, 1.807) is 29.2 Å². The minimum absolute atomic E-state index is 0.250. The average molecular weight is 309 g/mol. The van der Waals surface area contributed by atoms with E-state index in [2.05, 4.69) is 0 Å². The average Bonchev–Trinajstić information content (AvgIpc) is 2.52. The largest absolute Gasteiger partial charge is 0.462 e. The summed E-state index contributed by atoms with van der Waals surface area (Å²) in [4.78, 5) is 13.8. The number of carbonyl (C=O) groups is 1. The van der Waals surface area contributed by atoms with Crippen molar-refractivity contribution in [3.63, 3.8) is 0 Å². The number of piperidine rings is 2. The molecule has 2 heterocycles. The third-order valence-corrected chi connectivity index (χ3v) is 5.15. The maximum absolute atomic E-state index is 12.1. The van der Waals surface area contributed by atoms with Crippen LogP contribution in [0, 0.1) is 5.92 Å². The van der Waals surface area contributed by atoms with Crippen LogP contribution < -0.4 is 4.90 Å². The molecule has 4 heteroatoms. The number of hydrogen-bond donors (Lipinski definition) is 1. The van der Waals surface area contributed by atoms with Crippen molar-refractivity contribution in [2.75, 3.05) is 19.7 Å². The third-order valence-electron chi connectivity index (χ3n) is 4.92. The molecule has 1 N–H and O–H groups in total. The fourth-order valence-electron chi connectivity index (χ4n) is 3.86. The van der Waals surface area contributed by atoms with Crippen molar-refractivity contribution in [1.29, 1.82) is 0 Å². The van der Waals surface area contributed by atoms with Crippen LogP contribution in [-0.4, -0.2) is 31.7 Å². The van der Waals surface area contributed by atoms with E-state index in [9.17, 15) is 4.79 Å². The van der Waals surface area contributed by atoms with E-state index in [1.165, 1.54) is 45.2 Å². The lowest BCUT2D eigenvalue weighted by Gasteiger charge is -2.40. The van der Waals surface area contributed by atoms with Crippen LogP contribution in [-0.2, 0) is 4.74 Å². The molecule has 0 saturated carbocycles. The molecule has 0 aliphatic carbocycles. The Bertz CT molecular complexity index is 503. The first-order valence-corrected chi connectivity index (χ1v) is 8.39. The number of rotatable bonds is 3. The second-order valence-corrected chi connectivity index (χ2v) is 6.71. The molecule has 1 aromatic rings. The molecule has 0 radical (unpaired) electrons. The van der Waals surface area contributed by atoms with Gasteiger partial charge in [-0.3, -0.25) is 0 Å². The Hall–Kier alpha value is -1.06. The van der Waals surface area contributed by atoms with Gasteiger partial charge in [0.25, 0.3) is 0 Å². The number of halogens is 1. The van der Waals surface area contributed by atoms with Crippen LogP contribution in [0.2, 0.25) is 5.02 Å². The quantitative estimate of drug-likeness (QED) is 0.869. The highest BCUT2D eigenvalue weighted by Gasteiger charge is 2.37. The monoisotopic (exact) mass is 308 g/mol. The number of carbonyl (C=O) groups excluding carboxylic acids is 1. The predicted octanol–water partition coefficient (Wildman–Crippen LogP) is 2.34. The SMILES string of the molecule is O=C(OC[C@H]1CCC[NH+]2CCCC[C@H]12)c1cccc(Cl)c1. The lowest BCUT2D eigenvalue weighted by molar-refractivity contribution is -0.940. The Morgan fingerprint density at radius 2 is 2.10 bits per heavy atom. The lowest BCUT2D eigenvalue weighted by Crippen LogP contribution is -3.18. The van der Waals surface area contributed by atoms with Gasteiger partial charge in [-0.1, -0.05) is 17.7 Å². The van der Waals surface area contributed by atoms with Gasteiger partial charge in [0.2, 0.25) is 0 Å². The predicted molar refractivity (Wildman–Crippen MR) is 82.8 cm³/mol. The van der Waals surface area contributed by atoms with Crippen LogP contribution in [0.4, 0.5) is 0 Å². The first-order valence-electron chi connectivity index (χ1n) is 8.01. The summed E-state index contributed by atoms with van der Waals surface area (Å²) < 4.78 is 5.56. The van der Waals surface area contributed by atoms with Gasteiger partial charge in [0, 0.05) is 10.9 Å². The number of nitrogens with one attached hydrogen (secondary N) is 1. The first-order chi connectivity index (χ1) is 10.2. The minimum Gasteiger partial charge on any atom is -0.462 e. The van der Waals surface area contributed by atoms with Gasteiger partial charge in [-0.05, 0) is 50.3 Å². The molecule has 3 rings (SSSR count). The van der Waals surface area contributed by atoms with Crippen LogP contribution in [0.25, 0.3) is 0 Å². The van der Waals surface area contributed by atoms with Crippen molar-refractivity contribution in [3.05, 3.63) is 34.9 Å². The molecule has 21 heavy (non-hydrogen) atoms. The van der Waals surface area contributed by atoms with Crippen LogP contribution in [0.5, 0.6) is 0 Å². The van der Waals surface area contributed by atoms with Crippen molar-refractivity contribution in [1.82, 2.24) is 0 Å². The Morgan fingerprint density at radius 1 is 1.24 bits per heavy atom. The molecule has 0 amide bonds. The molecular weight excluding hydrogens is 286 g/mol. The summed E-state index contributed by atoms with van der Waals surface area (Å²) in [6.07, 6.45) is 6.41. The van der Waals surface area contributed by atoms with E-state index in [-0.39, 0.29) is 5.97 Å². The fraction of sp³-hybridized carbons (Fsp3) is 0.588. The standard InChI is InChI=1S/C17H22ClNO2/c18-15-7-3-5-13(11-15)17(20)21-12-14-6-4-10-19-9-2-1-8-16(14)19/h3,5,7,11,14,16H,1-2,4,6,8-10,12H2/p+1/t14-,16-/m1/s1. The summed E-state index contributed by atoms with van der Waals surface area (Å²) in [7, 11) is 0. The number of esters is 1. The topological polar surface area (TPSA) is 30.7 Å². The molecular formula is C17H23ClNO2+. The molecule has 1 aromatic carbocycles. The van der Waals surface area contributed by atoms with E-state index < -0.39 is 0 Å². The van der Waals surface area contributed by atoms with Crippen molar-refractivity contribution >= 4 is 17.6 Å². The van der Waals surface area contributed by atoms with Gasteiger partial charge in [-0.2, -0.15) is 0 Å². The highest BCUT2D eigenvalue weighted by molar-refractivity contribution is 6.30. The molecule has 2 fully saturated rings. The maximum atomic E-state index is 12.1. The van der Waals surface area contributed by atoms with E-state index in [4.69, 9.17) is 16.3 Å². The first kappa shape index (κ1) is 14.9. The summed E-state index contributed by atoms with van der Waals surface area (Å²) in [6.45, 7) is 3.15. The Morgan fingerprint density at radius 3 is 2.95 bits per heavy atom. The van der Waals surface area contributed by atoms with Crippen molar-refractivity contribution in [2.45, 2.75) is 38.1 Å². The highest BCUT2D eigenvalue weighted by Crippen LogP contribution is 2.21. The second-order valence-electron chi connectivity index (χ2n) is 6.27. The zero-order valence-corrected chi connectivity index (χ0v) is 13.1. The van der Waals surface area contributed by atoms with Crippen molar-refractivity contribution in [3.8, 4) is 0 Å². The van der Waals surface area contributed by atoms with E-state index in [0.29, 0.717) is 29.2 Å². The maximum Gasteiger partial charge on any atom is 0.338 e. The molecule has 2 saturated heterocycles. The molecule has 2 aliphatic rings. The van der Waals surface area contributed by atoms with E-state index in [0.717, 1.165) is 0 Å². The molecule has 2 aliphatic heterocycles. The number of hydrogen-bond acceptors (Lipinski definition) is 2. The Balaban J connectivity index is 1.57. The molecule has 0 aromatic heterocycles. The van der Waals surface area contributed by atoms with E-state index >= 15 is 0 Å². The summed E-state index contributed by atoms with van der Waals surface area (Å²) in [5.41, 5.74) is 0.547. The van der Waals surface area contributed by atoms with Crippen LogP contribution >= 0.6 is 11.6 Å². The van der Waals surface area contributed by atoms with Gasteiger partial charge in [0.15, 0.2) is 0 Å². The molecule has 0 bridgehead atoms. The lowest BCUT2D eigenvalue weighted by atomic mass is 9.84. The van der Waals surface area contributed by atoms with Gasteiger partial charge in [-0.25, -0.2) is 4.79 Å². The molecule has 0 spiro atoms. The zero-order valence-electron chi connectivity index (χ0n) is 12.3. The van der Waals surface area contributed by atoms with E-state index in [1.807, 2.05) is 0 Å². The number of quaternary nitrogens is 1. The minimum atomic E-state index is -0.250. The van der Waals surface area contributed by atoms with Gasteiger partial charge in [0.1, 0.15) is 6.61 Å². The number of fused-ring (bicyclic) bond motifs is 1. The normalized spacial score (nSPS) is 28.7. The molecule has 3 atom stereocenters. The van der Waals surface area contributed by atoms with Crippen LogP contribution in [0.15, 0.2) is 24.3 Å². The Labute approximate surface area is 131 Å². The fourth-order valence-corrected chi connectivity index (χ4v) is 4.05. The highest BCUT2D eigenvalue weighted by atomic mass is 35.5. The van der Waals surface area contributed by atoms with Crippen molar-refractivity contribution < 1.29 is 14.4 Å². The molecule has 1 unspecified atom stereocenters. The third kappa shape index (κ3) is 3.58. The number of ether oxygens (including phenoxy) is 1. The summed E-state index contributed by atoms with van der Waals surface area (Å²) >= 11 is 5.92. The molecule has 3 nitrogen and oxygen atoms in total. The Kier molecular flexibility index (Phi) is 4.81.